The van der Waals surface area contributed by atoms with Gasteiger partial charge in [-0.1, -0.05) is 13.0 Å². The van der Waals surface area contributed by atoms with E-state index in [-0.39, 0.29) is 12.0 Å². The standard InChI is InChI=1S/C19H22N2O3/c1-2-17(22)5-7-21-19(23)16-10-15(11-20-12-16)13-3-4-18-14(9-13)6-8-24-18/h3-4,9-12,17,22H,2,5-8H2,1H3,(H,21,23). The van der Waals surface area contributed by atoms with Crippen LogP contribution in [0.5, 0.6) is 5.75 Å². The molecule has 2 heterocycles. The number of rotatable bonds is 6. The summed E-state index contributed by atoms with van der Waals surface area (Å²) in [5, 5.41) is 12.4. The predicted octanol–water partition coefficient (Wildman–Crippen LogP) is 2.57. The topological polar surface area (TPSA) is 71.5 Å². The highest BCUT2D eigenvalue weighted by Crippen LogP contribution is 2.30. The molecule has 0 saturated carbocycles. The van der Waals surface area contributed by atoms with Gasteiger partial charge >= 0.3 is 0 Å². The third-order valence-corrected chi connectivity index (χ3v) is 4.26. The molecule has 1 aromatic heterocycles. The third-order valence-electron chi connectivity index (χ3n) is 4.26. The molecule has 0 radical (unpaired) electrons. The summed E-state index contributed by atoms with van der Waals surface area (Å²) >= 11 is 0. The summed E-state index contributed by atoms with van der Waals surface area (Å²) in [6.07, 6.45) is 5.11. The van der Waals surface area contributed by atoms with E-state index in [0.29, 0.717) is 24.9 Å². The van der Waals surface area contributed by atoms with Gasteiger partial charge in [-0.2, -0.15) is 0 Å². The number of hydrogen-bond donors (Lipinski definition) is 2. The second-order valence-corrected chi connectivity index (χ2v) is 5.99. The lowest BCUT2D eigenvalue weighted by Gasteiger charge is -2.10. The van der Waals surface area contributed by atoms with E-state index in [0.717, 1.165) is 29.9 Å². The van der Waals surface area contributed by atoms with Gasteiger partial charge in [0.2, 0.25) is 0 Å². The van der Waals surface area contributed by atoms with Crippen LogP contribution in [0.3, 0.4) is 0 Å². The van der Waals surface area contributed by atoms with E-state index in [1.807, 2.05) is 25.1 Å². The van der Waals surface area contributed by atoms with Crippen LogP contribution in [0.25, 0.3) is 11.1 Å². The van der Waals surface area contributed by atoms with Gasteiger partial charge < -0.3 is 15.2 Å². The number of hydrogen-bond acceptors (Lipinski definition) is 4. The van der Waals surface area contributed by atoms with Crippen molar-refractivity contribution in [3.8, 4) is 16.9 Å². The number of aliphatic hydroxyl groups excluding tert-OH is 1. The Hall–Kier alpha value is -2.40. The second-order valence-electron chi connectivity index (χ2n) is 5.99. The zero-order valence-electron chi connectivity index (χ0n) is 13.8. The van der Waals surface area contributed by atoms with Crippen LogP contribution in [0, 0.1) is 0 Å². The number of aliphatic hydroxyl groups is 1. The third kappa shape index (κ3) is 3.74. The molecule has 0 aliphatic carbocycles. The first-order valence-corrected chi connectivity index (χ1v) is 8.34. The molecule has 1 aliphatic rings. The van der Waals surface area contributed by atoms with Crippen LogP contribution in [0.4, 0.5) is 0 Å². The first-order valence-electron chi connectivity index (χ1n) is 8.34. The summed E-state index contributed by atoms with van der Waals surface area (Å²) < 4.78 is 5.52. The van der Waals surface area contributed by atoms with Crippen LogP contribution in [0.2, 0.25) is 0 Å². The van der Waals surface area contributed by atoms with Crippen molar-refractivity contribution in [2.75, 3.05) is 13.2 Å². The molecular weight excluding hydrogens is 304 g/mol. The maximum atomic E-state index is 12.2. The second kappa shape index (κ2) is 7.45. The Bertz CT molecular complexity index is 730. The average Bonchev–Trinajstić information content (AvgIpc) is 3.09. The summed E-state index contributed by atoms with van der Waals surface area (Å²) in [5.41, 5.74) is 3.65. The molecule has 1 aliphatic heterocycles. The van der Waals surface area contributed by atoms with E-state index in [1.165, 1.54) is 5.56 Å². The van der Waals surface area contributed by atoms with E-state index < -0.39 is 0 Å². The SMILES string of the molecule is CCC(O)CCNC(=O)c1cncc(-c2ccc3c(c2)CCO3)c1. The summed E-state index contributed by atoms with van der Waals surface area (Å²) in [6, 6.07) is 7.89. The van der Waals surface area contributed by atoms with Crippen LogP contribution in [0.15, 0.2) is 36.7 Å². The van der Waals surface area contributed by atoms with Gasteiger partial charge in [0.1, 0.15) is 5.75 Å². The normalized spacial score (nSPS) is 13.9. The van der Waals surface area contributed by atoms with Crippen molar-refractivity contribution in [2.45, 2.75) is 32.3 Å². The first kappa shape index (κ1) is 16.5. The van der Waals surface area contributed by atoms with Gasteiger partial charge in [0.25, 0.3) is 5.91 Å². The smallest absolute Gasteiger partial charge is 0.252 e. The van der Waals surface area contributed by atoms with E-state index in [2.05, 4.69) is 16.4 Å². The quantitative estimate of drug-likeness (QED) is 0.856. The number of nitrogens with one attached hydrogen (secondary N) is 1. The lowest BCUT2D eigenvalue weighted by Crippen LogP contribution is -2.27. The lowest BCUT2D eigenvalue weighted by molar-refractivity contribution is 0.0941. The van der Waals surface area contributed by atoms with Gasteiger partial charge in [0.05, 0.1) is 18.3 Å². The van der Waals surface area contributed by atoms with Crippen molar-refractivity contribution in [1.29, 1.82) is 0 Å². The number of carbonyl (C=O) groups excluding carboxylic acids is 1. The number of benzene rings is 1. The van der Waals surface area contributed by atoms with Crippen LogP contribution in [0.1, 0.15) is 35.7 Å². The minimum absolute atomic E-state index is 0.169. The molecule has 1 aromatic carbocycles. The number of pyridine rings is 1. The van der Waals surface area contributed by atoms with Gasteiger partial charge in [-0.15, -0.1) is 0 Å². The van der Waals surface area contributed by atoms with Gasteiger partial charge in [-0.3, -0.25) is 9.78 Å². The summed E-state index contributed by atoms with van der Waals surface area (Å²) in [7, 11) is 0. The maximum absolute atomic E-state index is 12.2. The van der Waals surface area contributed by atoms with Crippen LogP contribution < -0.4 is 10.1 Å². The summed E-state index contributed by atoms with van der Waals surface area (Å²) in [6.45, 7) is 3.10. The van der Waals surface area contributed by atoms with E-state index in [4.69, 9.17) is 4.74 Å². The Morgan fingerprint density at radius 2 is 2.21 bits per heavy atom. The molecule has 1 unspecified atom stereocenters. The number of carbonyl (C=O) groups is 1. The molecule has 0 spiro atoms. The fraction of sp³-hybridized carbons (Fsp3) is 0.368. The molecule has 0 saturated heterocycles. The maximum Gasteiger partial charge on any atom is 0.252 e. The molecule has 2 N–H and O–H groups in total. The van der Waals surface area contributed by atoms with Crippen LogP contribution in [-0.4, -0.2) is 35.3 Å². The van der Waals surface area contributed by atoms with Gasteiger partial charge in [0.15, 0.2) is 0 Å². The summed E-state index contributed by atoms with van der Waals surface area (Å²) in [5.74, 6) is 0.771. The van der Waals surface area contributed by atoms with Gasteiger partial charge in [0, 0.05) is 30.9 Å². The Labute approximate surface area is 141 Å². The molecule has 5 heteroatoms. The van der Waals surface area contributed by atoms with Crippen molar-refractivity contribution in [1.82, 2.24) is 10.3 Å². The predicted molar refractivity (Wildman–Crippen MR) is 92.1 cm³/mol. The van der Waals surface area contributed by atoms with Crippen LogP contribution >= 0.6 is 0 Å². The highest BCUT2D eigenvalue weighted by atomic mass is 16.5. The Morgan fingerprint density at radius 3 is 3.04 bits per heavy atom. The van der Waals surface area contributed by atoms with Crippen LogP contribution in [-0.2, 0) is 6.42 Å². The number of nitrogens with zero attached hydrogens (tertiary/aromatic N) is 1. The van der Waals surface area contributed by atoms with Crippen molar-refractivity contribution in [3.63, 3.8) is 0 Å². The van der Waals surface area contributed by atoms with E-state index in [1.54, 1.807) is 12.4 Å². The highest BCUT2D eigenvalue weighted by Gasteiger charge is 2.14. The zero-order valence-corrected chi connectivity index (χ0v) is 13.8. The molecule has 1 amide bonds. The molecule has 5 nitrogen and oxygen atoms in total. The molecule has 3 rings (SSSR count). The molecule has 0 fully saturated rings. The van der Waals surface area contributed by atoms with E-state index in [9.17, 15) is 9.90 Å². The Balaban J connectivity index is 1.71. The largest absolute Gasteiger partial charge is 0.493 e. The Morgan fingerprint density at radius 1 is 1.33 bits per heavy atom. The van der Waals surface area contributed by atoms with Crippen molar-refractivity contribution in [3.05, 3.63) is 47.8 Å². The average molecular weight is 326 g/mol. The Kier molecular flexibility index (Phi) is 5.11. The monoisotopic (exact) mass is 326 g/mol. The molecule has 126 valence electrons. The number of amides is 1. The highest BCUT2D eigenvalue weighted by molar-refractivity contribution is 5.95. The summed E-state index contributed by atoms with van der Waals surface area (Å²) in [4.78, 5) is 16.4. The van der Waals surface area contributed by atoms with Crippen molar-refractivity contribution < 1.29 is 14.6 Å². The van der Waals surface area contributed by atoms with Gasteiger partial charge in [-0.05, 0) is 42.2 Å². The van der Waals surface area contributed by atoms with Crippen molar-refractivity contribution >= 4 is 5.91 Å². The van der Waals surface area contributed by atoms with Crippen molar-refractivity contribution in [2.24, 2.45) is 0 Å². The van der Waals surface area contributed by atoms with Gasteiger partial charge in [-0.25, -0.2) is 0 Å². The fourth-order valence-electron chi connectivity index (χ4n) is 2.75. The molecular formula is C19H22N2O3. The molecule has 0 bridgehead atoms. The lowest BCUT2D eigenvalue weighted by atomic mass is 10.0. The number of fused-ring (bicyclic) bond motifs is 1. The minimum atomic E-state index is -0.372. The first-order chi connectivity index (χ1) is 11.7. The molecule has 2 aromatic rings. The molecule has 1 atom stereocenters. The molecule has 24 heavy (non-hydrogen) atoms. The fourth-order valence-corrected chi connectivity index (χ4v) is 2.75. The number of ether oxygens (including phenoxy) is 1. The number of aromatic nitrogens is 1. The zero-order chi connectivity index (χ0) is 16.9. The minimum Gasteiger partial charge on any atom is -0.493 e. The van der Waals surface area contributed by atoms with E-state index >= 15 is 0 Å².